The number of carboxylic acids is 1. The molecule has 2 N–H and O–H groups in total. The van der Waals surface area contributed by atoms with Gasteiger partial charge < -0.3 is 10.4 Å². The lowest BCUT2D eigenvalue weighted by Crippen LogP contribution is -2.32. The predicted octanol–water partition coefficient (Wildman–Crippen LogP) is 1.74. The van der Waals surface area contributed by atoms with Gasteiger partial charge in [-0.1, -0.05) is 12.2 Å². The highest BCUT2D eigenvalue weighted by atomic mass is 16.4. The van der Waals surface area contributed by atoms with E-state index in [0.29, 0.717) is 29.9 Å². The number of nitrogens with one attached hydrogen (secondary N) is 1. The highest BCUT2D eigenvalue weighted by Gasteiger charge is 2.35. The van der Waals surface area contributed by atoms with E-state index in [2.05, 4.69) is 17.5 Å². The second kappa shape index (κ2) is 4.96. The van der Waals surface area contributed by atoms with Gasteiger partial charge in [-0.3, -0.25) is 4.79 Å². The molecule has 2 aliphatic rings. The third-order valence-electron chi connectivity index (χ3n) is 4.17. The molecule has 0 radical (unpaired) electrons. The summed E-state index contributed by atoms with van der Waals surface area (Å²) >= 11 is 0. The highest BCUT2D eigenvalue weighted by Crippen LogP contribution is 2.42. The van der Waals surface area contributed by atoms with Crippen molar-refractivity contribution in [3.8, 4) is 0 Å². The molecule has 0 saturated heterocycles. The Morgan fingerprint density at radius 3 is 2.44 bits per heavy atom. The number of allylic oxidation sites excluding steroid dienone is 2. The average Bonchev–Trinajstić information content (AvgIpc) is 2.95. The van der Waals surface area contributed by atoms with Crippen molar-refractivity contribution in [1.29, 1.82) is 0 Å². The van der Waals surface area contributed by atoms with Crippen molar-refractivity contribution in [3.63, 3.8) is 0 Å². The summed E-state index contributed by atoms with van der Waals surface area (Å²) < 4.78 is 0. The minimum Gasteiger partial charge on any atom is -0.478 e. The number of amides is 1. The molecule has 0 aliphatic heterocycles. The van der Waals surface area contributed by atoms with E-state index in [4.69, 9.17) is 5.11 Å². The van der Waals surface area contributed by atoms with Crippen LogP contribution in [0.5, 0.6) is 0 Å². The van der Waals surface area contributed by atoms with E-state index in [9.17, 15) is 9.59 Å². The van der Waals surface area contributed by atoms with Gasteiger partial charge in [0.2, 0.25) is 5.91 Å². The zero-order chi connectivity index (χ0) is 13.3. The maximum Gasteiger partial charge on any atom is 0.331 e. The Balaban J connectivity index is 1.87. The second-order valence-electron chi connectivity index (χ2n) is 5.31. The summed E-state index contributed by atoms with van der Waals surface area (Å²) in [6, 6.07) is 0. The van der Waals surface area contributed by atoms with E-state index in [-0.39, 0.29) is 11.5 Å². The summed E-state index contributed by atoms with van der Waals surface area (Å²) in [5.41, 5.74) is 0.404. The topological polar surface area (TPSA) is 66.4 Å². The lowest BCUT2D eigenvalue weighted by molar-refractivity contribution is -0.133. The zero-order valence-corrected chi connectivity index (χ0v) is 10.8. The lowest BCUT2D eigenvalue weighted by atomic mass is 9.93. The fraction of sp³-hybridized carbons (Fsp3) is 0.571. The smallest absolute Gasteiger partial charge is 0.331 e. The predicted molar refractivity (Wildman–Crippen MR) is 67.9 cm³/mol. The van der Waals surface area contributed by atoms with Crippen LogP contribution < -0.4 is 5.32 Å². The number of carbonyl (C=O) groups is 2. The summed E-state index contributed by atoms with van der Waals surface area (Å²) in [6.45, 7) is 3.66. The van der Waals surface area contributed by atoms with Gasteiger partial charge in [0, 0.05) is 17.7 Å². The van der Waals surface area contributed by atoms with E-state index in [1.807, 2.05) is 0 Å². The van der Waals surface area contributed by atoms with E-state index in [0.717, 1.165) is 6.42 Å². The molecule has 0 spiro atoms. The first-order valence-corrected chi connectivity index (χ1v) is 6.36. The van der Waals surface area contributed by atoms with Crippen molar-refractivity contribution < 1.29 is 14.7 Å². The minimum atomic E-state index is -1.04. The number of hydrogen-bond acceptors (Lipinski definition) is 2. The van der Waals surface area contributed by atoms with Crippen molar-refractivity contribution in [1.82, 2.24) is 5.32 Å². The van der Waals surface area contributed by atoms with Crippen molar-refractivity contribution in [3.05, 3.63) is 23.3 Å². The summed E-state index contributed by atoms with van der Waals surface area (Å²) in [5.74, 6) is 0.503. The van der Waals surface area contributed by atoms with Crippen LogP contribution in [0.4, 0.5) is 0 Å². The largest absolute Gasteiger partial charge is 0.478 e. The van der Waals surface area contributed by atoms with E-state index < -0.39 is 5.97 Å². The SMILES string of the molecule is C/C(C(=O)O)=C(/C)C(=O)NCC1CC2C=CC1C2. The Kier molecular flexibility index (Phi) is 3.55. The van der Waals surface area contributed by atoms with Crippen LogP contribution in [-0.4, -0.2) is 23.5 Å². The van der Waals surface area contributed by atoms with Gasteiger partial charge in [-0.2, -0.15) is 0 Å². The molecule has 2 aliphatic carbocycles. The second-order valence-corrected chi connectivity index (χ2v) is 5.31. The molecule has 1 fully saturated rings. The standard InChI is InChI=1S/C14H19NO3/c1-8(9(2)14(17)18)13(16)15-7-12-6-10-3-4-11(12)5-10/h3-4,10-12H,5-7H2,1-2H3,(H,15,16)(H,17,18)/b9-8+. The zero-order valence-electron chi connectivity index (χ0n) is 10.8. The van der Waals surface area contributed by atoms with Gasteiger partial charge >= 0.3 is 5.97 Å². The summed E-state index contributed by atoms with van der Waals surface area (Å²) in [7, 11) is 0. The molecular weight excluding hydrogens is 230 g/mol. The molecule has 0 heterocycles. The lowest BCUT2D eigenvalue weighted by Gasteiger charge is -2.18. The van der Waals surface area contributed by atoms with Gasteiger partial charge in [-0.25, -0.2) is 4.79 Å². The quantitative estimate of drug-likeness (QED) is 0.589. The normalized spacial score (nSPS) is 30.2. The first kappa shape index (κ1) is 12.9. The molecular formula is C14H19NO3. The molecule has 18 heavy (non-hydrogen) atoms. The van der Waals surface area contributed by atoms with Crippen LogP contribution in [0, 0.1) is 17.8 Å². The van der Waals surface area contributed by atoms with Crippen molar-refractivity contribution >= 4 is 11.9 Å². The minimum absolute atomic E-state index is 0.111. The maximum absolute atomic E-state index is 11.8. The van der Waals surface area contributed by atoms with Crippen LogP contribution in [0.3, 0.4) is 0 Å². The molecule has 1 saturated carbocycles. The van der Waals surface area contributed by atoms with Gasteiger partial charge in [0.15, 0.2) is 0 Å². The molecule has 2 rings (SSSR count). The summed E-state index contributed by atoms with van der Waals surface area (Å²) in [5, 5.41) is 11.7. The summed E-state index contributed by atoms with van der Waals surface area (Å²) in [6.07, 6.45) is 6.87. The maximum atomic E-state index is 11.8. The number of hydrogen-bond donors (Lipinski definition) is 2. The van der Waals surface area contributed by atoms with Gasteiger partial charge in [-0.15, -0.1) is 0 Å². The molecule has 3 atom stereocenters. The molecule has 0 aromatic rings. The first-order valence-electron chi connectivity index (χ1n) is 6.36. The Labute approximate surface area is 107 Å². The van der Waals surface area contributed by atoms with Crippen LogP contribution in [-0.2, 0) is 9.59 Å². The Hall–Kier alpha value is -1.58. The Morgan fingerprint density at radius 2 is 1.94 bits per heavy atom. The van der Waals surface area contributed by atoms with Gasteiger partial charge in [0.25, 0.3) is 0 Å². The van der Waals surface area contributed by atoms with Crippen molar-refractivity contribution in [2.45, 2.75) is 26.7 Å². The molecule has 1 amide bonds. The fourth-order valence-electron chi connectivity index (χ4n) is 2.82. The number of carbonyl (C=O) groups excluding carboxylic acids is 1. The third kappa shape index (κ3) is 2.47. The van der Waals surface area contributed by atoms with Crippen molar-refractivity contribution in [2.75, 3.05) is 6.54 Å². The Morgan fingerprint density at radius 1 is 1.22 bits per heavy atom. The molecule has 4 heteroatoms. The van der Waals surface area contributed by atoms with Gasteiger partial charge in [0.05, 0.1) is 0 Å². The van der Waals surface area contributed by atoms with Crippen molar-refractivity contribution in [2.24, 2.45) is 17.8 Å². The molecule has 3 unspecified atom stereocenters. The van der Waals surface area contributed by atoms with E-state index in [1.165, 1.54) is 13.3 Å². The molecule has 2 bridgehead atoms. The van der Waals surface area contributed by atoms with Gasteiger partial charge in [-0.05, 0) is 44.4 Å². The average molecular weight is 249 g/mol. The fourth-order valence-corrected chi connectivity index (χ4v) is 2.82. The van der Waals surface area contributed by atoms with E-state index in [1.54, 1.807) is 6.92 Å². The number of carboxylic acid groups (broad SMARTS) is 1. The third-order valence-corrected chi connectivity index (χ3v) is 4.17. The van der Waals surface area contributed by atoms with Crippen LogP contribution >= 0.6 is 0 Å². The molecule has 98 valence electrons. The van der Waals surface area contributed by atoms with Crippen LogP contribution in [0.2, 0.25) is 0 Å². The van der Waals surface area contributed by atoms with Crippen LogP contribution in [0.1, 0.15) is 26.7 Å². The molecule has 4 nitrogen and oxygen atoms in total. The highest BCUT2D eigenvalue weighted by molar-refractivity contribution is 6.01. The monoisotopic (exact) mass is 249 g/mol. The first-order chi connectivity index (χ1) is 8.49. The molecule has 0 aromatic carbocycles. The van der Waals surface area contributed by atoms with Crippen LogP contribution in [0.25, 0.3) is 0 Å². The molecule has 0 aromatic heterocycles. The van der Waals surface area contributed by atoms with Gasteiger partial charge in [0.1, 0.15) is 0 Å². The summed E-state index contributed by atoms with van der Waals surface area (Å²) in [4.78, 5) is 22.6. The number of fused-ring (bicyclic) bond motifs is 2. The number of rotatable bonds is 4. The van der Waals surface area contributed by atoms with Crippen LogP contribution in [0.15, 0.2) is 23.3 Å². The van der Waals surface area contributed by atoms with E-state index >= 15 is 0 Å². The Bertz CT molecular complexity index is 436. The number of aliphatic carboxylic acids is 1.